The molecule has 0 nitrogen and oxygen atoms in total. The molecule has 0 radical (unpaired) electrons. The van der Waals surface area contributed by atoms with Gasteiger partial charge < -0.3 is 0 Å². The zero-order valence-electron chi connectivity index (χ0n) is 9.85. The Morgan fingerprint density at radius 2 is 1.63 bits per heavy atom. The summed E-state index contributed by atoms with van der Waals surface area (Å²) in [5, 5.41) is 0.730. The molecule has 0 fully saturated rings. The van der Waals surface area contributed by atoms with Crippen molar-refractivity contribution in [2.75, 3.05) is 0 Å². The molecule has 1 unspecified atom stereocenters. The molecule has 0 aromatic heterocycles. The molecule has 2 aromatic carbocycles. The van der Waals surface area contributed by atoms with Crippen LogP contribution >= 0.6 is 75.3 Å². The van der Waals surface area contributed by atoms with Crippen molar-refractivity contribution in [3.05, 3.63) is 65.5 Å². The average Bonchev–Trinajstić information content (AvgIpc) is 2.36. The molecule has 0 spiro atoms. The predicted molar refractivity (Wildman–Crippen MR) is 96.5 cm³/mol. The van der Waals surface area contributed by atoms with E-state index < -0.39 is 0 Å². The lowest BCUT2D eigenvalue weighted by molar-refractivity contribution is 1.15. The average molecular weight is 532 g/mol. The number of benzene rings is 2. The van der Waals surface area contributed by atoms with E-state index in [1.807, 2.05) is 18.2 Å². The second-order valence-electron chi connectivity index (χ2n) is 4.13. The van der Waals surface area contributed by atoms with Crippen molar-refractivity contribution in [3.63, 3.8) is 0 Å². The van der Waals surface area contributed by atoms with Gasteiger partial charge in [0.05, 0.1) is 9.85 Å². The third-order valence-corrected chi connectivity index (χ3v) is 6.64. The molecule has 0 saturated heterocycles. The number of alkyl halides is 1. The maximum Gasteiger partial charge on any atom is 0.0670 e. The maximum absolute atomic E-state index is 6.36. The zero-order chi connectivity index (χ0) is 14.2. The van der Waals surface area contributed by atoms with Crippen LogP contribution in [0.2, 0.25) is 5.02 Å². The summed E-state index contributed by atoms with van der Waals surface area (Å²) in [6, 6.07) is 10.1. The van der Waals surface area contributed by atoms with E-state index in [9.17, 15) is 0 Å². The number of hydrogen-bond donors (Lipinski definition) is 0. The molecule has 0 aliphatic carbocycles. The molecule has 0 amide bonds. The Kier molecular flexibility index (Phi) is 5.58. The van der Waals surface area contributed by atoms with Crippen molar-refractivity contribution >= 4 is 75.3 Å². The van der Waals surface area contributed by atoms with Gasteiger partial charge in [-0.05, 0) is 57.7 Å². The van der Waals surface area contributed by atoms with E-state index in [1.54, 1.807) is 0 Å². The highest BCUT2D eigenvalue weighted by Crippen LogP contribution is 2.42. The van der Waals surface area contributed by atoms with Crippen molar-refractivity contribution in [3.8, 4) is 0 Å². The summed E-state index contributed by atoms with van der Waals surface area (Å²) < 4.78 is 3.05. The monoisotopic (exact) mass is 528 g/mol. The van der Waals surface area contributed by atoms with Gasteiger partial charge >= 0.3 is 0 Å². The van der Waals surface area contributed by atoms with Crippen LogP contribution in [0.15, 0.2) is 43.7 Å². The van der Waals surface area contributed by atoms with E-state index in [0.29, 0.717) is 0 Å². The third kappa shape index (κ3) is 3.46. The molecule has 0 aliphatic rings. The van der Waals surface area contributed by atoms with Crippen molar-refractivity contribution in [1.29, 1.82) is 0 Å². The maximum atomic E-state index is 6.36. The fourth-order valence-corrected chi connectivity index (χ4v) is 4.60. The third-order valence-electron chi connectivity index (χ3n) is 2.81. The summed E-state index contributed by atoms with van der Waals surface area (Å²) in [5.74, 6) is 0. The molecule has 2 rings (SSSR count). The minimum Gasteiger partial charge on any atom is -0.0827 e. The lowest BCUT2D eigenvalue weighted by atomic mass is 10.0. The number of rotatable bonds is 2. The van der Waals surface area contributed by atoms with Gasteiger partial charge in [0.25, 0.3) is 0 Å². The van der Waals surface area contributed by atoms with E-state index in [2.05, 4.69) is 82.8 Å². The largest absolute Gasteiger partial charge is 0.0827 e. The van der Waals surface area contributed by atoms with E-state index in [4.69, 9.17) is 11.6 Å². The molecule has 0 heterocycles. The smallest absolute Gasteiger partial charge is 0.0670 e. The fourth-order valence-electron chi connectivity index (χ4n) is 1.74. The van der Waals surface area contributed by atoms with Crippen LogP contribution in [0, 0.1) is 6.92 Å². The Hall–Kier alpha value is 0.650. The standard InChI is InChI=1S/C14H9Br4Cl/c1-7-5-12(17)9(6-11(7)16)13(18)8-3-2-4-10(15)14(8)19/h2-6,13H,1H3. The molecule has 5 heteroatoms. The van der Waals surface area contributed by atoms with Crippen LogP contribution in [0.1, 0.15) is 21.5 Å². The first kappa shape index (κ1) is 16.0. The van der Waals surface area contributed by atoms with Crippen molar-refractivity contribution < 1.29 is 0 Å². The van der Waals surface area contributed by atoms with Gasteiger partial charge in [-0.3, -0.25) is 0 Å². The molecule has 0 saturated carbocycles. The van der Waals surface area contributed by atoms with Gasteiger partial charge in [0, 0.05) is 13.4 Å². The molecular formula is C14H9Br4Cl. The van der Waals surface area contributed by atoms with E-state index in [1.165, 1.54) is 5.56 Å². The Bertz CT molecular complexity index is 625. The van der Waals surface area contributed by atoms with Gasteiger partial charge in [0.15, 0.2) is 0 Å². The van der Waals surface area contributed by atoms with Crippen LogP contribution in [0.5, 0.6) is 0 Å². The van der Waals surface area contributed by atoms with Crippen molar-refractivity contribution in [2.45, 2.75) is 11.8 Å². The molecule has 0 aliphatic heterocycles. The van der Waals surface area contributed by atoms with Crippen LogP contribution in [0.4, 0.5) is 0 Å². The van der Waals surface area contributed by atoms with E-state index in [-0.39, 0.29) is 4.83 Å². The minimum absolute atomic E-state index is 0.0313. The highest BCUT2D eigenvalue weighted by Gasteiger charge is 2.18. The SMILES string of the molecule is Cc1cc(Br)c(C(Br)c2cccc(Br)c2Cl)cc1Br. The van der Waals surface area contributed by atoms with Crippen molar-refractivity contribution in [1.82, 2.24) is 0 Å². The van der Waals surface area contributed by atoms with Gasteiger partial charge in [-0.2, -0.15) is 0 Å². The first-order valence-electron chi connectivity index (χ1n) is 5.45. The number of hydrogen-bond acceptors (Lipinski definition) is 0. The Morgan fingerprint density at radius 3 is 2.32 bits per heavy atom. The second kappa shape index (κ2) is 6.61. The summed E-state index contributed by atoms with van der Waals surface area (Å²) in [4.78, 5) is 0.0313. The van der Waals surface area contributed by atoms with Crippen LogP contribution in [-0.4, -0.2) is 0 Å². The molecule has 0 bridgehead atoms. The molecule has 19 heavy (non-hydrogen) atoms. The lowest BCUT2D eigenvalue weighted by Gasteiger charge is -2.16. The molecule has 100 valence electrons. The molecular weight excluding hydrogens is 523 g/mol. The second-order valence-corrected chi connectivity index (χ2v) is 7.99. The number of aryl methyl sites for hydroxylation is 1. The normalized spacial score (nSPS) is 12.5. The van der Waals surface area contributed by atoms with E-state index >= 15 is 0 Å². The minimum atomic E-state index is 0.0313. The summed E-state index contributed by atoms with van der Waals surface area (Å²) in [7, 11) is 0. The van der Waals surface area contributed by atoms with Gasteiger partial charge in [-0.15, -0.1) is 0 Å². The quantitative estimate of drug-likeness (QED) is 0.354. The number of halogens is 5. The first-order valence-corrected chi connectivity index (χ1v) is 9.12. The Labute approximate surface area is 151 Å². The van der Waals surface area contributed by atoms with Gasteiger partial charge in [-0.1, -0.05) is 71.5 Å². The molecule has 2 aromatic rings. The van der Waals surface area contributed by atoms with Gasteiger partial charge in [-0.25, -0.2) is 0 Å². The summed E-state index contributed by atoms with van der Waals surface area (Å²) in [6.45, 7) is 2.06. The van der Waals surface area contributed by atoms with Crippen LogP contribution in [-0.2, 0) is 0 Å². The predicted octanol–water partition coefficient (Wildman–Crippen LogP) is 7.42. The molecule has 1 atom stereocenters. The van der Waals surface area contributed by atoms with Crippen molar-refractivity contribution in [2.24, 2.45) is 0 Å². The fraction of sp³-hybridized carbons (Fsp3) is 0.143. The summed E-state index contributed by atoms with van der Waals surface area (Å²) in [6.07, 6.45) is 0. The first-order chi connectivity index (χ1) is 8.91. The van der Waals surface area contributed by atoms with Gasteiger partial charge in [0.2, 0.25) is 0 Å². The zero-order valence-corrected chi connectivity index (χ0v) is 17.0. The van der Waals surface area contributed by atoms with Crippen LogP contribution in [0.3, 0.4) is 0 Å². The summed E-state index contributed by atoms with van der Waals surface area (Å²) in [5.41, 5.74) is 3.36. The van der Waals surface area contributed by atoms with Gasteiger partial charge in [0.1, 0.15) is 0 Å². The van der Waals surface area contributed by atoms with Crippen LogP contribution < -0.4 is 0 Å². The highest BCUT2D eigenvalue weighted by atomic mass is 79.9. The lowest BCUT2D eigenvalue weighted by Crippen LogP contribution is -1.96. The molecule has 0 N–H and O–H groups in total. The highest BCUT2D eigenvalue weighted by molar-refractivity contribution is 9.11. The summed E-state index contributed by atoms with van der Waals surface area (Å²) >= 11 is 20.7. The Balaban J connectivity index is 2.53. The van der Waals surface area contributed by atoms with Crippen LogP contribution in [0.25, 0.3) is 0 Å². The topological polar surface area (TPSA) is 0 Å². The van der Waals surface area contributed by atoms with E-state index in [0.717, 1.165) is 29.6 Å². The Morgan fingerprint density at radius 1 is 0.947 bits per heavy atom.